The van der Waals surface area contributed by atoms with E-state index < -0.39 is 0 Å². The van der Waals surface area contributed by atoms with Gasteiger partial charge in [0, 0.05) is 43.5 Å². The molecule has 1 saturated heterocycles. The Bertz CT molecular complexity index is 1110. The van der Waals surface area contributed by atoms with Crippen LogP contribution in [0.25, 0.3) is 22.0 Å². The first-order chi connectivity index (χ1) is 14.2. The van der Waals surface area contributed by atoms with E-state index in [0.29, 0.717) is 0 Å². The summed E-state index contributed by atoms with van der Waals surface area (Å²) < 4.78 is 19.6. The molecule has 0 amide bonds. The van der Waals surface area contributed by atoms with E-state index in [1.54, 1.807) is 0 Å². The van der Waals surface area contributed by atoms with E-state index in [0.717, 1.165) is 54.1 Å². The highest BCUT2D eigenvalue weighted by Gasteiger charge is 2.28. The molecule has 148 valence electrons. The SMILES string of the molecule is CN1CCN([C@@H](c2ccc(F)cc2)c2cc(-c3ccc4[nH]ccc4c3)co2)CC1. The van der Waals surface area contributed by atoms with Crippen molar-refractivity contribution in [1.29, 1.82) is 0 Å². The zero-order valence-corrected chi connectivity index (χ0v) is 16.4. The molecule has 0 bridgehead atoms. The van der Waals surface area contributed by atoms with Gasteiger partial charge >= 0.3 is 0 Å². The summed E-state index contributed by atoms with van der Waals surface area (Å²) in [4.78, 5) is 7.98. The lowest BCUT2D eigenvalue weighted by Gasteiger charge is -2.37. The van der Waals surface area contributed by atoms with Crippen LogP contribution in [-0.4, -0.2) is 48.0 Å². The second-order valence-corrected chi connectivity index (χ2v) is 7.81. The number of aromatic amines is 1. The number of H-pyrrole nitrogens is 1. The van der Waals surface area contributed by atoms with Crippen molar-refractivity contribution in [2.45, 2.75) is 6.04 Å². The van der Waals surface area contributed by atoms with Crippen LogP contribution in [-0.2, 0) is 0 Å². The number of rotatable bonds is 4. The molecule has 5 rings (SSSR count). The lowest BCUT2D eigenvalue weighted by atomic mass is 10.00. The summed E-state index contributed by atoms with van der Waals surface area (Å²) in [5.41, 5.74) is 4.37. The number of benzene rings is 2. The molecule has 1 aliphatic rings. The average molecular weight is 389 g/mol. The summed E-state index contributed by atoms with van der Waals surface area (Å²) in [6, 6.07) is 17.3. The van der Waals surface area contributed by atoms with Crippen LogP contribution in [0.2, 0.25) is 0 Å². The molecule has 0 spiro atoms. The fourth-order valence-electron chi connectivity index (χ4n) is 4.16. The first-order valence-corrected chi connectivity index (χ1v) is 10.0. The van der Waals surface area contributed by atoms with Gasteiger partial charge in [0.25, 0.3) is 0 Å². The first kappa shape index (κ1) is 18.2. The van der Waals surface area contributed by atoms with E-state index in [1.165, 1.54) is 17.5 Å². The van der Waals surface area contributed by atoms with Crippen LogP contribution in [0.4, 0.5) is 4.39 Å². The fraction of sp³-hybridized carbons (Fsp3) is 0.250. The number of nitrogens with one attached hydrogen (secondary N) is 1. The van der Waals surface area contributed by atoms with Gasteiger partial charge in [-0.05, 0) is 60.0 Å². The molecule has 4 aromatic rings. The van der Waals surface area contributed by atoms with Crippen LogP contribution in [0.1, 0.15) is 17.4 Å². The second-order valence-electron chi connectivity index (χ2n) is 7.81. The molecule has 0 radical (unpaired) electrons. The quantitative estimate of drug-likeness (QED) is 0.539. The number of likely N-dealkylation sites (N-methyl/N-ethyl adjacent to an activating group) is 1. The number of aromatic nitrogens is 1. The highest BCUT2D eigenvalue weighted by molar-refractivity contribution is 5.84. The molecular weight excluding hydrogens is 365 g/mol. The molecular formula is C24H24FN3O. The number of fused-ring (bicyclic) bond motifs is 1. The summed E-state index contributed by atoms with van der Waals surface area (Å²) in [5, 5.41) is 1.18. The Morgan fingerprint density at radius 2 is 1.72 bits per heavy atom. The fourth-order valence-corrected chi connectivity index (χ4v) is 4.16. The van der Waals surface area contributed by atoms with E-state index >= 15 is 0 Å². The van der Waals surface area contributed by atoms with Crippen molar-refractivity contribution < 1.29 is 8.81 Å². The number of piperazine rings is 1. The molecule has 0 aliphatic carbocycles. The van der Waals surface area contributed by atoms with Crippen molar-refractivity contribution in [3.63, 3.8) is 0 Å². The number of nitrogens with zero attached hydrogens (tertiary/aromatic N) is 2. The minimum absolute atomic E-state index is 0.0194. The van der Waals surface area contributed by atoms with Crippen LogP contribution in [0, 0.1) is 5.82 Å². The Kier molecular flexibility index (Phi) is 4.70. The van der Waals surface area contributed by atoms with Crippen molar-refractivity contribution in [3.05, 3.63) is 84.2 Å². The molecule has 1 atom stereocenters. The number of halogens is 1. The average Bonchev–Trinajstić information content (AvgIpc) is 3.40. The standard InChI is InChI=1S/C24H24FN3O/c1-27-10-12-28(13-11-27)24(17-2-5-21(25)6-3-17)23-15-20(16-29-23)18-4-7-22-19(14-18)8-9-26-22/h2-9,14-16,24,26H,10-13H2,1H3/t24-/m0/s1. The van der Waals surface area contributed by atoms with Crippen molar-refractivity contribution in [2.24, 2.45) is 0 Å². The highest BCUT2D eigenvalue weighted by Crippen LogP contribution is 2.34. The molecule has 0 saturated carbocycles. The molecule has 0 unspecified atom stereocenters. The third-order valence-corrected chi connectivity index (χ3v) is 5.86. The summed E-state index contributed by atoms with van der Waals surface area (Å²) in [6.07, 6.45) is 3.78. The third kappa shape index (κ3) is 3.59. The Morgan fingerprint density at radius 3 is 2.52 bits per heavy atom. The number of hydrogen-bond donors (Lipinski definition) is 1. The van der Waals surface area contributed by atoms with Gasteiger partial charge in [0.05, 0.1) is 12.3 Å². The zero-order valence-electron chi connectivity index (χ0n) is 16.4. The summed E-state index contributed by atoms with van der Waals surface area (Å²) in [6.45, 7) is 3.92. The molecule has 4 nitrogen and oxygen atoms in total. The highest BCUT2D eigenvalue weighted by atomic mass is 19.1. The largest absolute Gasteiger partial charge is 0.467 e. The molecule has 1 fully saturated rings. The molecule has 2 aromatic heterocycles. The molecule has 2 aromatic carbocycles. The van der Waals surface area contributed by atoms with E-state index in [4.69, 9.17) is 4.42 Å². The van der Waals surface area contributed by atoms with Gasteiger partial charge in [0.15, 0.2) is 0 Å². The van der Waals surface area contributed by atoms with E-state index in [-0.39, 0.29) is 11.9 Å². The predicted molar refractivity (Wildman–Crippen MR) is 113 cm³/mol. The maximum absolute atomic E-state index is 13.5. The van der Waals surface area contributed by atoms with Crippen molar-refractivity contribution in [1.82, 2.24) is 14.8 Å². The second kappa shape index (κ2) is 7.50. The maximum atomic E-state index is 13.5. The molecule has 3 heterocycles. The lowest BCUT2D eigenvalue weighted by Crippen LogP contribution is -2.46. The first-order valence-electron chi connectivity index (χ1n) is 10.0. The van der Waals surface area contributed by atoms with Crippen LogP contribution in [0.15, 0.2) is 71.5 Å². The van der Waals surface area contributed by atoms with Gasteiger partial charge in [-0.2, -0.15) is 0 Å². The van der Waals surface area contributed by atoms with Gasteiger partial charge in [-0.3, -0.25) is 4.90 Å². The van der Waals surface area contributed by atoms with Gasteiger partial charge < -0.3 is 14.3 Å². The minimum Gasteiger partial charge on any atom is -0.467 e. The van der Waals surface area contributed by atoms with Gasteiger partial charge in [0.1, 0.15) is 11.6 Å². The monoisotopic (exact) mass is 389 g/mol. The van der Waals surface area contributed by atoms with Gasteiger partial charge in [0.2, 0.25) is 0 Å². The Balaban J connectivity index is 1.51. The van der Waals surface area contributed by atoms with Gasteiger partial charge in [-0.15, -0.1) is 0 Å². The molecule has 1 N–H and O–H groups in total. The van der Waals surface area contributed by atoms with Crippen LogP contribution < -0.4 is 0 Å². The third-order valence-electron chi connectivity index (χ3n) is 5.86. The van der Waals surface area contributed by atoms with E-state index in [2.05, 4.69) is 52.2 Å². The molecule has 5 heteroatoms. The number of hydrogen-bond acceptors (Lipinski definition) is 3. The maximum Gasteiger partial charge on any atom is 0.126 e. The smallest absolute Gasteiger partial charge is 0.126 e. The van der Waals surface area contributed by atoms with Crippen molar-refractivity contribution in [3.8, 4) is 11.1 Å². The van der Waals surface area contributed by atoms with Crippen LogP contribution in [0.3, 0.4) is 0 Å². The Hall–Kier alpha value is -2.89. The predicted octanol–water partition coefficient (Wildman–Crippen LogP) is 4.90. The summed E-state index contributed by atoms with van der Waals surface area (Å²) in [7, 11) is 2.15. The van der Waals surface area contributed by atoms with Crippen LogP contribution in [0.5, 0.6) is 0 Å². The lowest BCUT2D eigenvalue weighted by molar-refractivity contribution is 0.117. The Labute approximate surface area is 169 Å². The molecule has 29 heavy (non-hydrogen) atoms. The van der Waals surface area contributed by atoms with E-state index in [9.17, 15) is 4.39 Å². The normalized spacial score (nSPS) is 17.0. The summed E-state index contributed by atoms with van der Waals surface area (Å²) >= 11 is 0. The minimum atomic E-state index is -0.217. The zero-order chi connectivity index (χ0) is 19.8. The van der Waals surface area contributed by atoms with E-state index in [1.807, 2.05) is 24.6 Å². The van der Waals surface area contributed by atoms with Crippen LogP contribution >= 0.6 is 0 Å². The van der Waals surface area contributed by atoms with Crippen molar-refractivity contribution in [2.75, 3.05) is 33.2 Å². The van der Waals surface area contributed by atoms with Crippen molar-refractivity contribution >= 4 is 10.9 Å². The van der Waals surface area contributed by atoms with Gasteiger partial charge in [-0.25, -0.2) is 4.39 Å². The topological polar surface area (TPSA) is 35.4 Å². The Morgan fingerprint density at radius 1 is 0.931 bits per heavy atom. The summed E-state index contributed by atoms with van der Waals surface area (Å²) in [5.74, 6) is 0.677. The number of furan rings is 1. The molecule has 1 aliphatic heterocycles. The van der Waals surface area contributed by atoms with Gasteiger partial charge in [-0.1, -0.05) is 18.2 Å².